The molecule has 1 saturated heterocycles. The van der Waals surface area contributed by atoms with Crippen molar-refractivity contribution in [2.45, 2.75) is 99.9 Å². The van der Waals surface area contributed by atoms with Crippen molar-refractivity contribution in [1.29, 1.82) is 0 Å². The van der Waals surface area contributed by atoms with E-state index in [9.17, 15) is 9.59 Å². The van der Waals surface area contributed by atoms with Gasteiger partial charge in [-0.05, 0) is 43.2 Å². The number of nitrogens with zero attached hydrogens (tertiary/aromatic N) is 1. The van der Waals surface area contributed by atoms with Gasteiger partial charge in [-0.25, -0.2) is 4.79 Å². The van der Waals surface area contributed by atoms with Gasteiger partial charge in [0.15, 0.2) is 16.6 Å². The maximum absolute atomic E-state index is 12.5. The van der Waals surface area contributed by atoms with Crippen LogP contribution in [-0.2, 0) is 8.85 Å². The summed E-state index contributed by atoms with van der Waals surface area (Å²) in [5.41, 5.74) is -0.142. The molecule has 1 aromatic heterocycles. The summed E-state index contributed by atoms with van der Waals surface area (Å²) >= 11 is 3.49. The maximum Gasteiger partial charge on any atom is 0.329 e. The molecular formula is C22H42N2O4S2Si2. The second-order valence-electron chi connectivity index (χ2n) is 11.8. The average Bonchev–Trinajstić information content (AvgIpc) is 3.02. The van der Waals surface area contributed by atoms with Gasteiger partial charge >= 0.3 is 5.69 Å². The van der Waals surface area contributed by atoms with Crippen LogP contribution < -0.4 is 11.2 Å². The lowest BCUT2D eigenvalue weighted by atomic mass is 10.2. The summed E-state index contributed by atoms with van der Waals surface area (Å²) in [6, 6.07) is 0. The number of aryl methyl sites for hydroxylation is 1. The largest absolute Gasteiger partial charge is 0.416 e. The Morgan fingerprint density at radius 3 is 1.69 bits per heavy atom. The summed E-state index contributed by atoms with van der Waals surface area (Å²) in [6.07, 6.45) is 1.68. The van der Waals surface area contributed by atoms with Crippen molar-refractivity contribution in [1.82, 2.24) is 9.55 Å². The maximum atomic E-state index is 12.5. The lowest BCUT2D eigenvalue weighted by Crippen LogP contribution is -2.45. The van der Waals surface area contributed by atoms with E-state index in [-0.39, 0.29) is 36.5 Å². The van der Waals surface area contributed by atoms with Crippen LogP contribution in [0.4, 0.5) is 0 Å². The molecule has 0 radical (unpaired) electrons. The molecule has 0 aromatic carbocycles. The molecule has 0 aliphatic carbocycles. The van der Waals surface area contributed by atoms with Gasteiger partial charge in [0.2, 0.25) is 0 Å². The average molecular weight is 519 g/mol. The van der Waals surface area contributed by atoms with Crippen LogP contribution in [0.15, 0.2) is 15.8 Å². The molecule has 32 heavy (non-hydrogen) atoms. The van der Waals surface area contributed by atoms with Crippen LogP contribution in [0.25, 0.3) is 0 Å². The van der Waals surface area contributed by atoms with Crippen molar-refractivity contribution < 1.29 is 8.85 Å². The number of aromatic amines is 1. The number of thioether (sulfide) groups is 2. The topological polar surface area (TPSA) is 73.3 Å². The van der Waals surface area contributed by atoms with Gasteiger partial charge in [0, 0.05) is 35.5 Å². The Hall–Kier alpha value is -0.266. The Bertz CT molecular complexity index is 878. The van der Waals surface area contributed by atoms with Crippen molar-refractivity contribution in [3.63, 3.8) is 0 Å². The van der Waals surface area contributed by atoms with E-state index in [1.54, 1.807) is 41.2 Å². The van der Waals surface area contributed by atoms with Crippen LogP contribution in [0.5, 0.6) is 0 Å². The normalized spacial score (nSPS) is 21.3. The van der Waals surface area contributed by atoms with Gasteiger partial charge in [-0.2, -0.15) is 0 Å². The van der Waals surface area contributed by atoms with Crippen LogP contribution in [0.3, 0.4) is 0 Å². The molecule has 0 saturated carbocycles. The third kappa shape index (κ3) is 6.44. The van der Waals surface area contributed by atoms with Crippen molar-refractivity contribution >= 4 is 40.2 Å². The number of nitrogens with one attached hydrogen (secondary N) is 1. The summed E-state index contributed by atoms with van der Waals surface area (Å²) in [6.45, 7) is 25.6. The van der Waals surface area contributed by atoms with E-state index in [0.29, 0.717) is 18.8 Å². The van der Waals surface area contributed by atoms with Crippen LogP contribution in [0.1, 0.15) is 51.8 Å². The molecule has 1 N–H and O–H groups in total. The number of hydrogen-bond donors (Lipinski definition) is 1. The fourth-order valence-electron chi connectivity index (χ4n) is 2.69. The second kappa shape index (κ2) is 9.77. The molecule has 0 unspecified atom stereocenters. The van der Waals surface area contributed by atoms with E-state index in [1.807, 2.05) is 0 Å². The molecule has 1 aliphatic rings. The van der Waals surface area contributed by atoms with Crippen molar-refractivity contribution in [3.8, 4) is 0 Å². The van der Waals surface area contributed by atoms with Crippen molar-refractivity contribution in [3.05, 3.63) is 32.6 Å². The molecule has 10 heteroatoms. The lowest BCUT2D eigenvalue weighted by Gasteiger charge is -2.38. The third-order valence-corrected chi connectivity index (χ3v) is 19.6. The summed E-state index contributed by atoms with van der Waals surface area (Å²) in [4.78, 5) is 26.8. The van der Waals surface area contributed by atoms with E-state index in [4.69, 9.17) is 8.85 Å². The van der Waals surface area contributed by atoms with Crippen molar-refractivity contribution in [2.75, 3.05) is 13.2 Å². The summed E-state index contributed by atoms with van der Waals surface area (Å²) in [5.74, 6) is 0. The fourth-order valence-corrected chi connectivity index (χ4v) is 8.46. The monoisotopic (exact) mass is 518 g/mol. The van der Waals surface area contributed by atoms with E-state index >= 15 is 0 Å². The Labute approximate surface area is 203 Å². The predicted molar refractivity (Wildman–Crippen MR) is 144 cm³/mol. The highest BCUT2D eigenvalue weighted by atomic mass is 32.2. The minimum atomic E-state index is -1.89. The minimum absolute atomic E-state index is 0.112. The fraction of sp³-hybridized carbons (Fsp3) is 0.818. The highest BCUT2D eigenvalue weighted by Gasteiger charge is 2.44. The van der Waals surface area contributed by atoms with Crippen LogP contribution >= 0.6 is 23.5 Å². The molecule has 2 atom stereocenters. The number of hydrogen-bond acceptors (Lipinski definition) is 6. The zero-order chi connectivity index (χ0) is 24.7. The smallest absolute Gasteiger partial charge is 0.329 e. The molecule has 2 rings (SSSR count). The molecule has 0 amide bonds. The molecule has 0 bridgehead atoms. The first-order valence-corrected chi connectivity index (χ1v) is 19.0. The summed E-state index contributed by atoms with van der Waals surface area (Å²) in [7, 11) is -3.78. The van der Waals surface area contributed by atoms with E-state index < -0.39 is 16.6 Å². The number of aromatic nitrogens is 2. The quantitative estimate of drug-likeness (QED) is 0.476. The number of rotatable bonds is 7. The Balaban J connectivity index is 2.26. The first-order chi connectivity index (χ1) is 14.4. The zero-order valence-corrected chi connectivity index (χ0v) is 25.3. The van der Waals surface area contributed by atoms with Crippen LogP contribution in [0, 0.1) is 6.92 Å². The van der Waals surface area contributed by atoms with Crippen molar-refractivity contribution in [2.24, 2.45) is 0 Å². The van der Waals surface area contributed by atoms with Crippen LogP contribution in [-0.4, -0.2) is 49.9 Å². The highest BCUT2D eigenvalue weighted by molar-refractivity contribution is 8.19. The van der Waals surface area contributed by atoms with E-state index in [0.717, 1.165) is 0 Å². The second-order valence-corrected chi connectivity index (χ2v) is 24.3. The first kappa shape index (κ1) is 28.0. The van der Waals surface area contributed by atoms with E-state index in [2.05, 4.69) is 72.7 Å². The van der Waals surface area contributed by atoms with Gasteiger partial charge < -0.3 is 8.85 Å². The van der Waals surface area contributed by atoms with Gasteiger partial charge in [-0.15, -0.1) is 23.5 Å². The van der Waals surface area contributed by atoms with Gasteiger partial charge in [0.25, 0.3) is 5.56 Å². The highest BCUT2D eigenvalue weighted by Crippen LogP contribution is 2.51. The number of H-pyrrole nitrogens is 1. The summed E-state index contributed by atoms with van der Waals surface area (Å²) < 4.78 is 14.7. The van der Waals surface area contributed by atoms with Crippen LogP contribution in [0.2, 0.25) is 36.3 Å². The van der Waals surface area contributed by atoms with Gasteiger partial charge in [0.05, 0.1) is 0 Å². The van der Waals surface area contributed by atoms with Gasteiger partial charge in [0.1, 0.15) is 4.71 Å². The molecule has 1 fully saturated rings. The third-order valence-electron chi connectivity index (χ3n) is 7.20. The standard InChI is InChI=1S/C22H42N2O4S2Si2/c1-15-12-24(19(26)23-18(15)25)20-29-16(13-27-31(8,9)21(2,3)4)17(30-20)14-28-32(10,11)22(5,6)7/h12,16-17,20H,13-14H2,1-11H3,(H,23,25,26)/t16-,17-/m1/s1. The summed E-state index contributed by atoms with van der Waals surface area (Å²) in [5, 5.41) is 0.706. The minimum Gasteiger partial charge on any atom is -0.416 e. The molecular weight excluding hydrogens is 477 g/mol. The zero-order valence-electron chi connectivity index (χ0n) is 21.6. The lowest BCUT2D eigenvalue weighted by molar-refractivity contribution is 0.252. The molecule has 184 valence electrons. The predicted octanol–water partition coefficient (Wildman–Crippen LogP) is 5.56. The molecule has 6 nitrogen and oxygen atoms in total. The Kier molecular flexibility index (Phi) is 8.54. The first-order valence-electron chi connectivity index (χ1n) is 11.3. The Morgan fingerprint density at radius 1 is 0.906 bits per heavy atom. The molecule has 1 aromatic rings. The molecule has 2 heterocycles. The van der Waals surface area contributed by atoms with Gasteiger partial charge in [-0.3, -0.25) is 14.3 Å². The van der Waals surface area contributed by atoms with Gasteiger partial charge in [-0.1, -0.05) is 41.5 Å². The Morgan fingerprint density at radius 2 is 1.31 bits per heavy atom. The van der Waals surface area contributed by atoms with E-state index in [1.165, 1.54) is 0 Å². The molecule has 1 aliphatic heterocycles. The molecule has 0 spiro atoms. The SMILES string of the molecule is Cc1cn(C2S[C@H](CO[Si](C)(C)C(C)(C)C)[C@@H](CO[Si](C)(C)C(C)(C)C)S2)c(=O)[nH]c1=O.